The summed E-state index contributed by atoms with van der Waals surface area (Å²) >= 11 is 9.93. The fourth-order valence-electron chi connectivity index (χ4n) is 3.60. The van der Waals surface area contributed by atoms with Crippen molar-refractivity contribution in [3.05, 3.63) is 93.4 Å². The second kappa shape index (κ2) is 9.54. The van der Waals surface area contributed by atoms with Crippen molar-refractivity contribution in [2.45, 2.75) is 0 Å². The topological polar surface area (TPSA) is 52.7 Å². The molecule has 1 saturated heterocycles. The third-order valence-electron chi connectivity index (χ3n) is 5.25. The third kappa shape index (κ3) is 4.92. The summed E-state index contributed by atoms with van der Waals surface area (Å²) in [4.78, 5) is 29.2. The van der Waals surface area contributed by atoms with E-state index in [9.17, 15) is 9.59 Å². The van der Waals surface area contributed by atoms with Crippen LogP contribution in [0.3, 0.4) is 0 Å². The summed E-state index contributed by atoms with van der Waals surface area (Å²) in [6, 6.07) is 22.1. The normalized spacial score (nSPS) is 13.7. The van der Waals surface area contributed by atoms with Crippen LogP contribution >= 0.6 is 27.5 Å². The van der Waals surface area contributed by atoms with E-state index in [1.165, 1.54) is 0 Å². The van der Waals surface area contributed by atoms with Crippen LogP contribution < -0.4 is 10.2 Å². The average molecular weight is 499 g/mol. The van der Waals surface area contributed by atoms with Crippen molar-refractivity contribution in [2.24, 2.45) is 0 Å². The summed E-state index contributed by atoms with van der Waals surface area (Å²) in [7, 11) is 0. The number of rotatable bonds is 4. The number of hydrogen-bond acceptors (Lipinski definition) is 3. The van der Waals surface area contributed by atoms with E-state index < -0.39 is 0 Å². The highest BCUT2D eigenvalue weighted by Gasteiger charge is 2.23. The molecule has 5 nitrogen and oxygen atoms in total. The van der Waals surface area contributed by atoms with Crippen LogP contribution in [-0.2, 0) is 0 Å². The van der Waals surface area contributed by atoms with Crippen molar-refractivity contribution in [1.29, 1.82) is 0 Å². The summed E-state index contributed by atoms with van der Waals surface area (Å²) in [5.41, 5.74) is 2.79. The van der Waals surface area contributed by atoms with Gasteiger partial charge in [-0.1, -0.05) is 41.9 Å². The van der Waals surface area contributed by atoms with Gasteiger partial charge in [-0.25, -0.2) is 0 Å². The van der Waals surface area contributed by atoms with E-state index in [4.69, 9.17) is 11.6 Å². The Hall–Kier alpha value is -2.83. The highest BCUT2D eigenvalue weighted by Crippen LogP contribution is 2.30. The first kappa shape index (κ1) is 21.4. The highest BCUT2D eigenvalue weighted by molar-refractivity contribution is 9.10. The number of anilines is 2. The third-order valence-corrected chi connectivity index (χ3v) is 6.25. The standard InChI is InChI=1S/C24H21BrClN3O2/c25-20-9-5-4-8-19(20)23(30)27-18-10-11-22(21(26)16-18)28-12-14-29(15-13-28)24(31)17-6-2-1-3-7-17/h1-11,16H,12-15H2,(H,27,30). The second-order valence-electron chi connectivity index (χ2n) is 7.25. The average Bonchev–Trinajstić information content (AvgIpc) is 2.80. The van der Waals surface area contributed by atoms with E-state index in [0.29, 0.717) is 48.0 Å². The van der Waals surface area contributed by atoms with Crippen molar-refractivity contribution >= 4 is 50.7 Å². The van der Waals surface area contributed by atoms with E-state index in [1.807, 2.05) is 65.6 Å². The molecule has 3 aromatic rings. The summed E-state index contributed by atoms with van der Waals surface area (Å²) in [5.74, 6) is -0.152. The molecule has 1 heterocycles. The zero-order valence-electron chi connectivity index (χ0n) is 16.7. The van der Waals surface area contributed by atoms with Crippen molar-refractivity contribution < 1.29 is 9.59 Å². The number of nitrogens with zero attached hydrogens (tertiary/aromatic N) is 2. The first-order valence-electron chi connectivity index (χ1n) is 9.97. The molecular weight excluding hydrogens is 478 g/mol. The number of amides is 2. The van der Waals surface area contributed by atoms with Crippen LogP contribution in [0.4, 0.5) is 11.4 Å². The van der Waals surface area contributed by atoms with Gasteiger partial charge >= 0.3 is 0 Å². The summed E-state index contributed by atoms with van der Waals surface area (Å²) < 4.78 is 0.734. The molecule has 0 atom stereocenters. The minimum Gasteiger partial charge on any atom is -0.367 e. The predicted molar refractivity (Wildman–Crippen MR) is 128 cm³/mol. The maximum absolute atomic E-state index is 12.6. The molecule has 0 aliphatic carbocycles. The first-order valence-corrected chi connectivity index (χ1v) is 11.1. The molecule has 0 aromatic heterocycles. The van der Waals surface area contributed by atoms with Gasteiger partial charge < -0.3 is 15.1 Å². The quantitative estimate of drug-likeness (QED) is 0.530. The Kier molecular flexibility index (Phi) is 6.59. The number of carbonyl (C=O) groups excluding carboxylic acids is 2. The van der Waals surface area contributed by atoms with Crippen LogP contribution in [0.5, 0.6) is 0 Å². The molecule has 158 valence electrons. The van der Waals surface area contributed by atoms with E-state index in [2.05, 4.69) is 26.1 Å². The molecule has 0 spiro atoms. The van der Waals surface area contributed by atoms with Gasteiger partial charge in [0, 0.05) is 41.9 Å². The van der Waals surface area contributed by atoms with E-state index in [-0.39, 0.29) is 11.8 Å². The molecule has 0 saturated carbocycles. The van der Waals surface area contributed by atoms with Gasteiger partial charge in [-0.15, -0.1) is 0 Å². The van der Waals surface area contributed by atoms with Gasteiger partial charge in [-0.05, 0) is 58.4 Å². The fraction of sp³-hybridized carbons (Fsp3) is 0.167. The summed E-state index contributed by atoms with van der Waals surface area (Å²) in [6.45, 7) is 2.65. The van der Waals surface area contributed by atoms with Crippen LogP contribution in [0.25, 0.3) is 0 Å². The second-order valence-corrected chi connectivity index (χ2v) is 8.51. The minimum absolute atomic E-state index is 0.0523. The number of benzene rings is 3. The maximum Gasteiger partial charge on any atom is 0.256 e. The van der Waals surface area contributed by atoms with Crippen LogP contribution in [0.15, 0.2) is 77.3 Å². The molecule has 1 fully saturated rings. The van der Waals surface area contributed by atoms with Crippen molar-refractivity contribution in [2.75, 3.05) is 36.4 Å². The molecule has 1 aliphatic rings. The monoisotopic (exact) mass is 497 g/mol. The Morgan fingerprint density at radius 3 is 2.23 bits per heavy atom. The summed E-state index contributed by atoms with van der Waals surface area (Å²) in [6.07, 6.45) is 0. The van der Waals surface area contributed by atoms with Crippen LogP contribution in [-0.4, -0.2) is 42.9 Å². The molecule has 0 unspecified atom stereocenters. The van der Waals surface area contributed by atoms with Gasteiger partial charge in [0.05, 0.1) is 16.3 Å². The Morgan fingerprint density at radius 1 is 0.871 bits per heavy atom. The van der Waals surface area contributed by atoms with Crippen molar-refractivity contribution in [3.63, 3.8) is 0 Å². The smallest absolute Gasteiger partial charge is 0.256 e. The van der Waals surface area contributed by atoms with Gasteiger partial charge in [-0.2, -0.15) is 0 Å². The molecule has 7 heteroatoms. The lowest BCUT2D eigenvalue weighted by Gasteiger charge is -2.36. The van der Waals surface area contributed by atoms with E-state index in [1.54, 1.807) is 12.1 Å². The molecule has 3 aromatic carbocycles. The lowest BCUT2D eigenvalue weighted by Crippen LogP contribution is -2.48. The number of halogens is 2. The molecular formula is C24H21BrClN3O2. The predicted octanol–water partition coefficient (Wildman–Crippen LogP) is 5.32. The lowest BCUT2D eigenvalue weighted by atomic mass is 10.1. The van der Waals surface area contributed by atoms with Gasteiger partial charge in [0.1, 0.15) is 0 Å². The Labute approximate surface area is 194 Å². The molecule has 0 bridgehead atoms. The molecule has 1 N–H and O–H groups in total. The van der Waals surface area contributed by atoms with Gasteiger partial charge in [0.2, 0.25) is 0 Å². The van der Waals surface area contributed by atoms with Crippen LogP contribution in [0, 0.1) is 0 Å². The number of nitrogens with one attached hydrogen (secondary N) is 1. The van der Waals surface area contributed by atoms with Gasteiger partial charge in [-0.3, -0.25) is 9.59 Å². The molecule has 0 radical (unpaired) electrons. The fourth-order valence-corrected chi connectivity index (χ4v) is 4.36. The lowest BCUT2D eigenvalue weighted by molar-refractivity contribution is 0.0746. The van der Waals surface area contributed by atoms with Crippen molar-refractivity contribution in [3.8, 4) is 0 Å². The Balaban J connectivity index is 1.39. The SMILES string of the molecule is O=C(Nc1ccc(N2CCN(C(=O)c3ccccc3)CC2)c(Cl)c1)c1ccccc1Br. The van der Waals surface area contributed by atoms with Gasteiger partial charge in [0.15, 0.2) is 0 Å². The molecule has 1 aliphatic heterocycles. The molecule has 4 rings (SSSR count). The Bertz CT molecular complexity index is 1100. The van der Waals surface area contributed by atoms with Crippen LogP contribution in [0.1, 0.15) is 20.7 Å². The zero-order valence-corrected chi connectivity index (χ0v) is 19.1. The molecule has 31 heavy (non-hydrogen) atoms. The maximum atomic E-state index is 12.6. The Morgan fingerprint density at radius 2 is 1.55 bits per heavy atom. The summed E-state index contributed by atoms with van der Waals surface area (Å²) in [5, 5.41) is 3.45. The van der Waals surface area contributed by atoms with E-state index >= 15 is 0 Å². The largest absolute Gasteiger partial charge is 0.367 e. The highest BCUT2D eigenvalue weighted by atomic mass is 79.9. The van der Waals surface area contributed by atoms with Crippen LogP contribution in [0.2, 0.25) is 5.02 Å². The van der Waals surface area contributed by atoms with Gasteiger partial charge in [0.25, 0.3) is 11.8 Å². The zero-order chi connectivity index (χ0) is 21.8. The number of hydrogen-bond donors (Lipinski definition) is 1. The molecule has 2 amide bonds. The van der Waals surface area contributed by atoms with Crippen molar-refractivity contribution in [1.82, 2.24) is 4.90 Å². The number of piperazine rings is 1. The van der Waals surface area contributed by atoms with E-state index in [0.717, 1.165) is 10.2 Å². The first-order chi connectivity index (χ1) is 15.0. The number of carbonyl (C=O) groups is 2. The minimum atomic E-state index is -0.204.